The minimum Gasteiger partial charge on any atom is -0.360 e. The van der Waals surface area contributed by atoms with Gasteiger partial charge in [0.1, 0.15) is 5.76 Å². The quantitative estimate of drug-likeness (QED) is 0.812. The molecule has 0 spiro atoms. The molecule has 2 heterocycles. The number of rotatable bonds is 7. The molecule has 0 saturated heterocycles. The third-order valence-electron chi connectivity index (χ3n) is 3.03. The van der Waals surface area contributed by atoms with E-state index < -0.39 is 10.0 Å². The molecule has 2 aromatic heterocycles. The molecule has 0 aliphatic heterocycles. The number of nitrogens with zero attached hydrogens (tertiary/aromatic N) is 3. The molecule has 0 bridgehead atoms. The van der Waals surface area contributed by atoms with Gasteiger partial charge in [-0.1, -0.05) is 11.2 Å². The fourth-order valence-corrected chi connectivity index (χ4v) is 2.72. The SMILES string of the molecule is Cc1cc(NC(=O)CCN(Cc2cccnc2)S(C)(=O)=O)no1. The monoisotopic (exact) mass is 338 g/mol. The molecule has 0 atom stereocenters. The molecule has 0 aromatic carbocycles. The smallest absolute Gasteiger partial charge is 0.226 e. The second kappa shape index (κ2) is 7.34. The highest BCUT2D eigenvalue weighted by Gasteiger charge is 2.18. The molecule has 124 valence electrons. The van der Waals surface area contributed by atoms with Gasteiger partial charge in [0, 0.05) is 38.0 Å². The number of hydrogen-bond donors (Lipinski definition) is 1. The first-order chi connectivity index (χ1) is 10.8. The van der Waals surface area contributed by atoms with Crippen LogP contribution in [0.4, 0.5) is 5.82 Å². The van der Waals surface area contributed by atoms with Crippen molar-refractivity contribution in [3.8, 4) is 0 Å². The van der Waals surface area contributed by atoms with Crippen LogP contribution in [0.5, 0.6) is 0 Å². The summed E-state index contributed by atoms with van der Waals surface area (Å²) in [6.45, 7) is 1.95. The van der Waals surface area contributed by atoms with Crippen molar-refractivity contribution in [2.24, 2.45) is 0 Å². The van der Waals surface area contributed by atoms with Gasteiger partial charge in [0.05, 0.1) is 6.26 Å². The van der Waals surface area contributed by atoms with Gasteiger partial charge in [-0.2, -0.15) is 4.31 Å². The lowest BCUT2D eigenvalue weighted by Crippen LogP contribution is -2.32. The molecule has 0 unspecified atom stereocenters. The van der Waals surface area contributed by atoms with Crippen molar-refractivity contribution in [3.63, 3.8) is 0 Å². The largest absolute Gasteiger partial charge is 0.360 e. The Balaban J connectivity index is 1.94. The maximum Gasteiger partial charge on any atom is 0.226 e. The number of amides is 1. The van der Waals surface area contributed by atoms with E-state index in [4.69, 9.17) is 4.52 Å². The number of aryl methyl sites for hydroxylation is 1. The molecular formula is C14H18N4O4S. The average molecular weight is 338 g/mol. The highest BCUT2D eigenvalue weighted by Crippen LogP contribution is 2.10. The summed E-state index contributed by atoms with van der Waals surface area (Å²) in [5.41, 5.74) is 0.755. The van der Waals surface area contributed by atoms with Crippen LogP contribution in [-0.2, 0) is 21.4 Å². The standard InChI is InChI=1S/C14H18N4O4S/c1-11-8-13(17-22-11)16-14(19)5-7-18(23(2,20)21)10-12-4-3-6-15-9-12/h3-4,6,8-9H,5,7,10H2,1-2H3,(H,16,17,19). The summed E-state index contributed by atoms with van der Waals surface area (Å²) < 4.78 is 29.8. The van der Waals surface area contributed by atoms with E-state index in [1.54, 1.807) is 37.5 Å². The number of hydrogen-bond acceptors (Lipinski definition) is 6. The predicted molar refractivity (Wildman–Crippen MR) is 84.0 cm³/mol. The van der Waals surface area contributed by atoms with E-state index >= 15 is 0 Å². The number of pyridine rings is 1. The van der Waals surface area contributed by atoms with E-state index in [-0.39, 0.29) is 25.4 Å². The number of sulfonamides is 1. The van der Waals surface area contributed by atoms with Gasteiger partial charge in [-0.15, -0.1) is 0 Å². The molecule has 0 saturated carbocycles. The van der Waals surface area contributed by atoms with Gasteiger partial charge in [-0.05, 0) is 18.6 Å². The molecule has 0 fully saturated rings. The summed E-state index contributed by atoms with van der Waals surface area (Å²) in [4.78, 5) is 15.8. The lowest BCUT2D eigenvalue weighted by Gasteiger charge is -2.19. The Morgan fingerprint density at radius 2 is 2.22 bits per heavy atom. The number of anilines is 1. The van der Waals surface area contributed by atoms with Crippen molar-refractivity contribution in [3.05, 3.63) is 41.9 Å². The minimum atomic E-state index is -3.44. The van der Waals surface area contributed by atoms with E-state index in [1.165, 1.54) is 4.31 Å². The molecule has 23 heavy (non-hydrogen) atoms. The van der Waals surface area contributed by atoms with Crippen LogP contribution in [0.1, 0.15) is 17.7 Å². The molecular weight excluding hydrogens is 320 g/mol. The Kier molecular flexibility index (Phi) is 5.45. The summed E-state index contributed by atoms with van der Waals surface area (Å²) in [6, 6.07) is 5.10. The van der Waals surface area contributed by atoms with Crippen LogP contribution < -0.4 is 5.32 Å². The first kappa shape index (κ1) is 17.1. The van der Waals surface area contributed by atoms with E-state index in [0.29, 0.717) is 11.6 Å². The summed E-state index contributed by atoms with van der Waals surface area (Å²) in [5.74, 6) is 0.554. The van der Waals surface area contributed by atoms with Gasteiger partial charge < -0.3 is 9.84 Å². The molecule has 0 aliphatic rings. The summed E-state index contributed by atoms with van der Waals surface area (Å²) >= 11 is 0. The molecule has 2 rings (SSSR count). The second-order valence-corrected chi connectivity index (χ2v) is 7.06. The minimum absolute atomic E-state index is 0.0131. The fraction of sp³-hybridized carbons (Fsp3) is 0.357. The maximum atomic E-state index is 11.9. The highest BCUT2D eigenvalue weighted by molar-refractivity contribution is 7.88. The van der Waals surface area contributed by atoms with Gasteiger partial charge >= 0.3 is 0 Å². The van der Waals surface area contributed by atoms with E-state index in [9.17, 15) is 13.2 Å². The van der Waals surface area contributed by atoms with Crippen LogP contribution in [0, 0.1) is 6.92 Å². The van der Waals surface area contributed by atoms with Crippen molar-refractivity contribution >= 4 is 21.7 Å². The van der Waals surface area contributed by atoms with Gasteiger partial charge in [-0.3, -0.25) is 9.78 Å². The third kappa shape index (κ3) is 5.46. The molecule has 8 nitrogen and oxygen atoms in total. The average Bonchev–Trinajstić information content (AvgIpc) is 2.88. The lowest BCUT2D eigenvalue weighted by molar-refractivity contribution is -0.116. The van der Waals surface area contributed by atoms with Gasteiger partial charge in [-0.25, -0.2) is 8.42 Å². The van der Waals surface area contributed by atoms with Crippen LogP contribution in [0.25, 0.3) is 0 Å². The highest BCUT2D eigenvalue weighted by atomic mass is 32.2. The van der Waals surface area contributed by atoms with Crippen molar-refractivity contribution in [1.82, 2.24) is 14.4 Å². The van der Waals surface area contributed by atoms with E-state index in [2.05, 4.69) is 15.5 Å². The van der Waals surface area contributed by atoms with Crippen molar-refractivity contribution in [2.45, 2.75) is 19.9 Å². The Morgan fingerprint density at radius 1 is 1.43 bits per heavy atom. The zero-order chi connectivity index (χ0) is 16.9. The molecule has 0 radical (unpaired) electrons. The van der Waals surface area contributed by atoms with E-state index in [1.807, 2.05) is 0 Å². The Bertz CT molecular complexity index is 758. The number of carbonyl (C=O) groups excluding carboxylic acids is 1. The van der Waals surface area contributed by atoms with Crippen LogP contribution in [0.3, 0.4) is 0 Å². The fourth-order valence-electron chi connectivity index (χ4n) is 1.91. The number of carbonyl (C=O) groups is 1. The van der Waals surface area contributed by atoms with Crippen molar-refractivity contribution < 1.29 is 17.7 Å². The van der Waals surface area contributed by atoms with Crippen LogP contribution in [0.2, 0.25) is 0 Å². The van der Waals surface area contributed by atoms with Crippen molar-refractivity contribution in [2.75, 3.05) is 18.1 Å². The summed E-state index contributed by atoms with van der Waals surface area (Å²) in [6.07, 6.45) is 4.33. The van der Waals surface area contributed by atoms with Gasteiger partial charge in [0.15, 0.2) is 5.82 Å². The van der Waals surface area contributed by atoms with Gasteiger partial charge in [0.2, 0.25) is 15.9 Å². The maximum absolute atomic E-state index is 11.9. The zero-order valence-electron chi connectivity index (χ0n) is 12.9. The second-order valence-electron chi connectivity index (χ2n) is 5.08. The van der Waals surface area contributed by atoms with Crippen LogP contribution >= 0.6 is 0 Å². The zero-order valence-corrected chi connectivity index (χ0v) is 13.7. The predicted octanol–water partition coefficient (Wildman–Crippen LogP) is 1.17. The van der Waals surface area contributed by atoms with E-state index in [0.717, 1.165) is 11.8 Å². The summed E-state index contributed by atoms with van der Waals surface area (Å²) in [5, 5.41) is 6.21. The normalized spacial score (nSPS) is 11.6. The Morgan fingerprint density at radius 3 is 2.78 bits per heavy atom. The summed E-state index contributed by atoms with van der Waals surface area (Å²) in [7, 11) is -3.44. The Labute approximate surface area is 134 Å². The van der Waals surface area contributed by atoms with Crippen LogP contribution in [-0.4, -0.2) is 41.6 Å². The Hall–Kier alpha value is -2.26. The topological polar surface area (TPSA) is 105 Å². The molecule has 1 amide bonds. The molecule has 9 heteroatoms. The molecule has 0 aliphatic carbocycles. The number of nitrogens with one attached hydrogen (secondary N) is 1. The molecule has 1 N–H and O–H groups in total. The first-order valence-electron chi connectivity index (χ1n) is 6.92. The first-order valence-corrected chi connectivity index (χ1v) is 8.76. The molecule has 2 aromatic rings. The van der Waals surface area contributed by atoms with Gasteiger partial charge in [0.25, 0.3) is 0 Å². The van der Waals surface area contributed by atoms with Crippen LogP contribution in [0.15, 0.2) is 35.1 Å². The lowest BCUT2D eigenvalue weighted by atomic mass is 10.3. The van der Waals surface area contributed by atoms with Crippen molar-refractivity contribution in [1.29, 1.82) is 0 Å². The number of aromatic nitrogens is 2. The third-order valence-corrected chi connectivity index (χ3v) is 4.28.